The highest BCUT2D eigenvalue weighted by molar-refractivity contribution is 9.10. The highest BCUT2D eigenvalue weighted by Gasteiger charge is 2.40. The molecule has 3 heterocycles. The zero-order valence-electron chi connectivity index (χ0n) is 13.5. The van der Waals surface area contributed by atoms with Gasteiger partial charge in [0.05, 0.1) is 4.47 Å². The van der Waals surface area contributed by atoms with Gasteiger partial charge in [-0.1, -0.05) is 5.92 Å². The maximum absolute atomic E-state index is 6.00. The molecule has 4 nitrogen and oxygen atoms in total. The molecule has 0 saturated carbocycles. The minimum absolute atomic E-state index is 0.554. The van der Waals surface area contributed by atoms with Gasteiger partial charge in [-0.2, -0.15) is 4.98 Å². The molecule has 0 radical (unpaired) electrons. The Morgan fingerprint density at radius 3 is 2.54 bits per heavy atom. The van der Waals surface area contributed by atoms with Crippen molar-refractivity contribution in [3.8, 4) is 24.0 Å². The van der Waals surface area contributed by atoms with Crippen LogP contribution in [0.2, 0.25) is 0 Å². The molecule has 0 aliphatic carbocycles. The van der Waals surface area contributed by atoms with Crippen molar-refractivity contribution in [2.24, 2.45) is 0 Å². The number of hydrogen-bond donors (Lipinski definition) is 0. The molecule has 2 bridgehead atoms. The van der Waals surface area contributed by atoms with Gasteiger partial charge in [0.2, 0.25) is 5.88 Å². The van der Waals surface area contributed by atoms with Crippen molar-refractivity contribution in [2.45, 2.75) is 44.7 Å². The molecule has 1 aromatic carbocycles. The van der Waals surface area contributed by atoms with E-state index in [2.05, 4.69) is 36.7 Å². The van der Waals surface area contributed by atoms with Crippen LogP contribution in [0.3, 0.4) is 0 Å². The van der Waals surface area contributed by atoms with E-state index in [1.54, 1.807) is 0 Å². The molecular weight excluding hydrogens is 366 g/mol. The maximum Gasteiger partial charge on any atom is 0.224 e. The molecule has 0 amide bonds. The third-order valence-corrected chi connectivity index (χ3v) is 5.49. The van der Waals surface area contributed by atoms with Gasteiger partial charge < -0.3 is 9.64 Å². The number of hydrogen-bond acceptors (Lipinski definition) is 4. The minimum Gasteiger partial charge on any atom is -0.438 e. The molecule has 2 saturated heterocycles. The lowest BCUT2D eigenvalue weighted by Crippen LogP contribution is -2.29. The third-order valence-electron chi connectivity index (χ3n) is 4.83. The minimum atomic E-state index is 0.554. The number of anilines is 1. The van der Waals surface area contributed by atoms with Crippen LogP contribution in [-0.4, -0.2) is 22.1 Å². The highest BCUT2D eigenvalue weighted by Crippen LogP contribution is 2.41. The summed E-state index contributed by atoms with van der Waals surface area (Å²) in [6, 6.07) is 8.78. The average Bonchev–Trinajstić information content (AvgIpc) is 3.16. The van der Waals surface area contributed by atoms with Crippen molar-refractivity contribution in [3.05, 3.63) is 40.1 Å². The van der Waals surface area contributed by atoms with E-state index in [-0.39, 0.29) is 0 Å². The first-order valence-corrected chi connectivity index (χ1v) is 9.01. The number of nitrogens with zero attached hydrogens (tertiary/aromatic N) is 3. The Morgan fingerprint density at radius 2 is 1.88 bits per heavy atom. The van der Waals surface area contributed by atoms with Crippen LogP contribution in [0, 0.1) is 19.3 Å². The van der Waals surface area contributed by atoms with Gasteiger partial charge in [-0.3, -0.25) is 0 Å². The summed E-state index contributed by atoms with van der Waals surface area (Å²) < 4.78 is 6.85. The van der Waals surface area contributed by atoms with Crippen molar-refractivity contribution in [1.29, 1.82) is 0 Å². The highest BCUT2D eigenvalue weighted by atomic mass is 79.9. The number of rotatable bonds is 3. The zero-order chi connectivity index (χ0) is 16.7. The lowest BCUT2D eigenvalue weighted by Gasteiger charge is -2.23. The largest absolute Gasteiger partial charge is 0.438 e. The van der Waals surface area contributed by atoms with Gasteiger partial charge in [0.15, 0.2) is 0 Å². The third kappa shape index (κ3) is 2.76. The number of aryl methyl sites for hydroxylation is 1. The summed E-state index contributed by atoms with van der Waals surface area (Å²) in [5, 5.41) is 0. The van der Waals surface area contributed by atoms with Crippen LogP contribution in [-0.2, 0) is 0 Å². The number of terminal acetylenes is 1. The zero-order valence-corrected chi connectivity index (χ0v) is 15.1. The Bertz CT molecular complexity index is 810. The fourth-order valence-corrected chi connectivity index (χ4v) is 4.11. The first kappa shape index (κ1) is 15.5. The van der Waals surface area contributed by atoms with Crippen molar-refractivity contribution in [3.63, 3.8) is 0 Å². The smallest absolute Gasteiger partial charge is 0.224 e. The lowest BCUT2D eigenvalue weighted by atomic mass is 10.0. The van der Waals surface area contributed by atoms with Crippen LogP contribution in [0.5, 0.6) is 11.6 Å². The summed E-state index contributed by atoms with van der Waals surface area (Å²) in [5.41, 5.74) is 0.775. The van der Waals surface area contributed by atoms with Crippen molar-refractivity contribution >= 4 is 21.7 Å². The fraction of sp³-hybridized carbons (Fsp3) is 0.368. The van der Waals surface area contributed by atoms with E-state index in [9.17, 15) is 0 Å². The monoisotopic (exact) mass is 383 g/mol. The van der Waals surface area contributed by atoms with E-state index >= 15 is 0 Å². The molecule has 2 aliphatic rings. The van der Waals surface area contributed by atoms with E-state index in [1.807, 2.05) is 31.2 Å². The number of halogens is 1. The number of ether oxygens (including phenoxy) is 1. The Labute approximate surface area is 150 Å². The van der Waals surface area contributed by atoms with E-state index in [4.69, 9.17) is 11.2 Å². The molecule has 5 heteroatoms. The van der Waals surface area contributed by atoms with Gasteiger partial charge in [-0.05, 0) is 66.7 Å². The van der Waals surface area contributed by atoms with Crippen LogP contribution in [0.25, 0.3) is 0 Å². The van der Waals surface area contributed by atoms with Gasteiger partial charge in [-0.15, -0.1) is 6.42 Å². The van der Waals surface area contributed by atoms with E-state index < -0.39 is 0 Å². The molecule has 0 spiro atoms. The van der Waals surface area contributed by atoms with Gasteiger partial charge in [-0.25, -0.2) is 4.98 Å². The summed E-state index contributed by atoms with van der Waals surface area (Å²) in [5.74, 6) is 5.54. The van der Waals surface area contributed by atoms with Crippen LogP contribution < -0.4 is 9.64 Å². The summed E-state index contributed by atoms with van der Waals surface area (Å²) in [7, 11) is 0. The van der Waals surface area contributed by atoms with Gasteiger partial charge >= 0.3 is 0 Å². The van der Waals surface area contributed by atoms with Crippen LogP contribution >= 0.6 is 15.9 Å². The molecular formula is C19H18BrN3O. The standard InChI is InChI=1S/C19H18BrN3O/c1-3-13-4-9-16(20)17(10-13)24-19-11-18(21-12(2)22-19)23-14-5-6-15(23)8-7-14/h1,4,9-11,14-15H,5-8H2,2H3. The Balaban J connectivity index is 1.66. The Morgan fingerprint density at radius 1 is 1.17 bits per heavy atom. The van der Waals surface area contributed by atoms with E-state index in [0.29, 0.717) is 23.7 Å². The summed E-state index contributed by atoms with van der Waals surface area (Å²) in [6.07, 6.45) is 10.5. The van der Waals surface area contributed by atoms with Crippen LogP contribution in [0.1, 0.15) is 37.1 Å². The number of benzene rings is 1. The van der Waals surface area contributed by atoms with Crippen LogP contribution in [0.4, 0.5) is 5.82 Å². The van der Waals surface area contributed by atoms with Crippen molar-refractivity contribution in [1.82, 2.24) is 9.97 Å². The topological polar surface area (TPSA) is 38.2 Å². The molecule has 24 heavy (non-hydrogen) atoms. The molecule has 2 fully saturated rings. The molecule has 122 valence electrons. The van der Waals surface area contributed by atoms with Crippen molar-refractivity contribution in [2.75, 3.05) is 4.90 Å². The Hall–Kier alpha value is -2.06. The fourth-order valence-electron chi connectivity index (χ4n) is 3.78. The first-order chi connectivity index (χ1) is 11.6. The molecule has 2 aliphatic heterocycles. The summed E-state index contributed by atoms with van der Waals surface area (Å²) in [4.78, 5) is 11.5. The first-order valence-electron chi connectivity index (χ1n) is 8.22. The van der Waals surface area contributed by atoms with E-state index in [1.165, 1.54) is 25.7 Å². The van der Waals surface area contributed by atoms with Gasteiger partial charge in [0.25, 0.3) is 0 Å². The van der Waals surface area contributed by atoms with Crippen LogP contribution in [0.15, 0.2) is 28.7 Å². The second-order valence-corrected chi connectivity index (χ2v) is 7.23. The predicted molar refractivity (Wildman–Crippen MR) is 97.4 cm³/mol. The number of aromatic nitrogens is 2. The molecule has 0 atom stereocenters. The maximum atomic E-state index is 6.00. The molecule has 1 aromatic heterocycles. The normalized spacial score (nSPS) is 21.8. The SMILES string of the molecule is C#Cc1ccc(Br)c(Oc2cc(N3C4CCC3CC4)nc(C)n2)c1. The second kappa shape index (κ2) is 6.10. The lowest BCUT2D eigenvalue weighted by molar-refractivity contribution is 0.456. The Kier molecular flexibility index (Phi) is 3.93. The molecule has 2 aromatic rings. The van der Waals surface area contributed by atoms with Gasteiger partial charge in [0, 0.05) is 23.7 Å². The van der Waals surface area contributed by atoms with Gasteiger partial charge in [0.1, 0.15) is 17.4 Å². The summed E-state index contributed by atoms with van der Waals surface area (Å²) in [6.45, 7) is 1.90. The quantitative estimate of drug-likeness (QED) is 0.733. The molecule has 0 unspecified atom stereocenters. The molecule has 0 N–H and O–H groups in total. The second-order valence-electron chi connectivity index (χ2n) is 6.37. The van der Waals surface area contributed by atoms with E-state index in [0.717, 1.165) is 21.7 Å². The average molecular weight is 384 g/mol. The molecule has 4 rings (SSSR count). The summed E-state index contributed by atoms with van der Waals surface area (Å²) >= 11 is 3.50. The van der Waals surface area contributed by atoms with Crippen molar-refractivity contribution < 1.29 is 4.74 Å². The number of fused-ring (bicyclic) bond motifs is 2. The predicted octanol–water partition coefficient (Wildman–Crippen LogP) is 4.45.